The lowest BCUT2D eigenvalue weighted by molar-refractivity contribution is -0.495. The molecule has 0 heterocycles. The standard InChI is InChI=1S/C12H26N/c1-5-7-10-13(4)11-9-12(3)8-6-2/h10,12H,5-9,11H2,1-4H3/q+1/b13-10-. The van der Waals surface area contributed by atoms with Gasteiger partial charge in [-0.25, -0.2) is 4.58 Å². The van der Waals surface area contributed by atoms with Gasteiger partial charge in [0.1, 0.15) is 19.8 Å². The second-order valence-corrected chi connectivity index (χ2v) is 4.13. The molecule has 0 radical (unpaired) electrons. The summed E-state index contributed by atoms with van der Waals surface area (Å²) in [6.07, 6.45) is 8.84. The van der Waals surface area contributed by atoms with Gasteiger partial charge in [0.25, 0.3) is 0 Å². The summed E-state index contributed by atoms with van der Waals surface area (Å²) in [6.45, 7) is 8.08. The summed E-state index contributed by atoms with van der Waals surface area (Å²) in [6, 6.07) is 0. The molecular weight excluding hydrogens is 158 g/mol. The van der Waals surface area contributed by atoms with E-state index in [9.17, 15) is 0 Å². The molecule has 0 aliphatic rings. The summed E-state index contributed by atoms with van der Waals surface area (Å²) in [5.74, 6) is 0.891. The quantitative estimate of drug-likeness (QED) is 0.422. The van der Waals surface area contributed by atoms with E-state index >= 15 is 0 Å². The highest BCUT2D eigenvalue weighted by Crippen LogP contribution is 2.08. The Morgan fingerprint density at radius 1 is 1.15 bits per heavy atom. The van der Waals surface area contributed by atoms with Crippen molar-refractivity contribution in [3.05, 3.63) is 0 Å². The molecule has 0 spiro atoms. The fraction of sp³-hybridized carbons (Fsp3) is 0.917. The van der Waals surface area contributed by atoms with Crippen LogP contribution in [-0.2, 0) is 0 Å². The highest BCUT2D eigenvalue weighted by Gasteiger charge is 2.03. The first-order chi connectivity index (χ1) is 6.20. The summed E-state index contributed by atoms with van der Waals surface area (Å²) in [5.41, 5.74) is 0. The second-order valence-electron chi connectivity index (χ2n) is 4.13. The van der Waals surface area contributed by atoms with Crippen LogP contribution in [-0.4, -0.2) is 24.4 Å². The minimum atomic E-state index is 0.891. The van der Waals surface area contributed by atoms with E-state index in [1.807, 2.05) is 0 Å². The Bertz CT molecular complexity index is 138. The Morgan fingerprint density at radius 3 is 2.38 bits per heavy atom. The van der Waals surface area contributed by atoms with Crippen molar-refractivity contribution in [2.45, 2.75) is 52.9 Å². The molecule has 1 nitrogen and oxygen atoms in total. The highest BCUT2D eigenvalue weighted by atomic mass is 14.9. The number of unbranched alkanes of at least 4 members (excludes halogenated alkanes) is 1. The van der Waals surface area contributed by atoms with Crippen LogP contribution in [0.4, 0.5) is 0 Å². The lowest BCUT2D eigenvalue weighted by Gasteiger charge is -2.06. The molecule has 0 aromatic heterocycles. The molecule has 0 aliphatic carbocycles. The predicted molar refractivity (Wildman–Crippen MR) is 60.7 cm³/mol. The zero-order chi connectivity index (χ0) is 10.1. The Labute approximate surface area is 83.9 Å². The molecule has 1 atom stereocenters. The van der Waals surface area contributed by atoms with Crippen molar-refractivity contribution < 1.29 is 4.58 Å². The third-order valence-electron chi connectivity index (χ3n) is 2.49. The SMILES string of the molecule is CCC/C=[N+](/C)CCC(C)CCC. The van der Waals surface area contributed by atoms with Crippen LogP contribution < -0.4 is 0 Å². The van der Waals surface area contributed by atoms with Gasteiger partial charge in [-0.15, -0.1) is 0 Å². The summed E-state index contributed by atoms with van der Waals surface area (Å²) in [5, 5.41) is 0. The van der Waals surface area contributed by atoms with Crippen molar-refractivity contribution in [3.8, 4) is 0 Å². The van der Waals surface area contributed by atoms with Crippen molar-refractivity contribution in [2.24, 2.45) is 5.92 Å². The van der Waals surface area contributed by atoms with Crippen molar-refractivity contribution in [2.75, 3.05) is 13.6 Å². The van der Waals surface area contributed by atoms with Gasteiger partial charge in [0.15, 0.2) is 0 Å². The van der Waals surface area contributed by atoms with Gasteiger partial charge in [0.05, 0.1) is 0 Å². The van der Waals surface area contributed by atoms with Crippen molar-refractivity contribution in [1.82, 2.24) is 0 Å². The molecule has 0 rings (SSSR count). The van der Waals surface area contributed by atoms with Gasteiger partial charge in [0, 0.05) is 12.8 Å². The van der Waals surface area contributed by atoms with Crippen LogP contribution in [0.3, 0.4) is 0 Å². The predicted octanol–water partition coefficient (Wildman–Crippen LogP) is 3.33. The Morgan fingerprint density at radius 2 is 1.85 bits per heavy atom. The molecule has 0 saturated heterocycles. The van der Waals surface area contributed by atoms with Gasteiger partial charge in [-0.05, 0) is 12.3 Å². The minimum absolute atomic E-state index is 0.891. The van der Waals surface area contributed by atoms with Crippen LogP contribution in [0.2, 0.25) is 0 Å². The first-order valence-electron chi connectivity index (χ1n) is 5.74. The lowest BCUT2D eigenvalue weighted by atomic mass is 10.0. The topological polar surface area (TPSA) is 3.01 Å². The van der Waals surface area contributed by atoms with E-state index in [2.05, 4.69) is 38.6 Å². The summed E-state index contributed by atoms with van der Waals surface area (Å²) in [7, 11) is 2.19. The molecule has 0 saturated carbocycles. The van der Waals surface area contributed by atoms with E-state index in [1.165, 1.54) is 38.6 Å². The van der Waals surface area contributed by atoms with Crippen molar-refractivity contribution >= 4 is 6.21 Å². The molecule has 0 bridgehead atoms. The van der Waals surface area contributed by atoms with E-state index < -0.39 is 0 Å². The molecule has 0 aromatic rings. The zero-order valence-corrected chi connectivity index (χ0v) is 9.84. The number of nitrogens with zero attached hydrogens (tertiary/aromatic N) is 1. The third-order valence-corrected chi connectivity index (χ3v) is 2.49. The molecular formula is C12H26N+. The minimum Gasteiger partial charge on any atom is -0.242 e. The Balaban J connectivity index is 3.50. The molecule has 0 N–H and O–H groups in total. The zero-order valence-electron chi connectivity index (χ0n) is 9.84. The van der Waals surface area contributed by atoms with Gasteiger partial charge in [-0.1, -0.05) is 33.6 Å². The fourth-order valence-electron chi connectivity index (χ4n) is 1.50. The molecule has 0 fully saturated rings. The normalized spacial score (nSPS) is 14.6. The smallest absolute Gasteiger partial charge is 0.142 e. The van der Waals surface area contributed by atoms with Crippen molar-refractivity contribution in [3.63, 3.8) is 0 Å². The average Bonchev–Trinajstić information content (AvgIpc) is 2.12. The summed E-state index contributed by atoms with van der Waals surface area (Å²) < 4.78 is 2.34. The summed E-state index contributed by atoms with van der Waals surface area (Å²) >= 11 is 0. The number of rotatable bonds is 7. The highest BCUT2D eigenvalue weighted by molar-refractivity contribution is 5.50. The van der Waals surface area contributed by atoms with E-state index in [0.717, 1.165) is 5.92 Å². The van der Waals surface area contributed by atoms with Crippen LogP contribution in [0.1, 0.15) is 52.9 Å². The van der Waals surface area contributed by atoms with E-state index in [4.69, 9.17) is 0 Å². The van der Waals surface area contributed by atoms with Crippen LogP contribution in [0.25, 0.3) is 0 Å². The van der Waals surface area contributed by atoms with Crippen LogP contribution >= 0.6 is 0 Å². The Kier molecular flexibility index (Phi) is 8.07. The maximum Gasteiger partial charge on any atom is 0.142 e. The molecule has 1 heteroatoms. The Hall–Kier alpha value is -0.330. The van der Waals surface area contributed by atoms with E-state index in [0.29, 0.717) is 0 Å². The monoisotopic (exact) mass is 184 g/mol. The van der Waals surface area contributed by atoms with Gasteiger partial charge >= 0.3 is 0 Å². The molecule has 78 valence electrons. The van der Waals surface area contributed by atoms with Gasteiger partial charge < -0.3 is 0 Å². The van der Waals surface area contributed by atoms with Crippen LogP contribution in [0.15, 0.2) is 0 Å². The van der Waals surface area contributed by atoms with E-state index in [1.54, 1.807) is 0 Å². The molecule has 0 aromatic carbocycles. The molecule has 0 amide bonds. The van der Waals surface area contributed by atoms with Gasteiger partial charge in [-0.3, -0.25) is 0 Å². The molecule has 13 heavy (non-hydrogen) atoms. The maximum absolute atomic E-state index is 2.36. The lowest BCUT2D eigenvalue weighted by Crippen LogP contribution is -2.12. The maximum atomic E-state index is 2.36. The van der Waals surface area contributed by atoms with Crippen molar-refractivity contribution in [1.29, 1.82) is 0 Å². The number of hydrogen-bond acceptors (Lipinski definition) is 0. The van der Waals surface area contributed by atoms with Crippen LogP contribution in [0, 0.1) is 5.92 Å². The second kappa shape index (κ2) is 8.28. The average molecular weight is 184 g/mol. The first kappa shape index (κ1) is 12.7. The fourth-order valence-corrected chi connectivity index (χ4v) is 1.50. The number of hydrogen-bond donors (Lipinski definition) is 0. The van der Waals surface area contributed by atoms with Gasteiger partial charge in [0.2, 0.25) is 0 Å². The third kappa shape index (κ3) is 8.01. The van der Waals surface area contributed by atoms with Gasteiger partial charge in [-0.2, -0.15) is 0 Å². The first-order valence-corrected chi connectivity index (χ1v) is 5.74. The summed E-state index contributed by atoms with van der Waals surface area (Å²) in [4.78, 5) is 0. The van der Waals surface area contributed by atoms with Crippen LogP contribution in [0.5, 0.6) is 0 Å². The van der Waals surface area contributed by atoms with E-state index in [-0.39, 0.29) is 0 Å². The molecule has 1 unspecified atom stereocenters. The largest absolute Gasteiger partial charge is 0.242 e. The molecule has 0 aliphatic heterocycles.